The summed E-state index contributed by atoms with van der Waals surface area (Å²) >= 11 is 1.48. The molecule has 0 unspecified atom stereocenters. The Hall–Kier alpha value is -1.19. The van der Waals surface area contributed by atoms with Gasteiger partial charge in [-0.1, -0.05) is 32.9 Å². The van der Waals surface area contributed by atoms with E-state index in [0.717, 1.165) is 0 Å². The zero-order valence-electron chi connectivity index (χ0n) is 19.4. The molecule has 32 heavy (non-hydrogen) atoms. The number of ether oxygens (including phenoxy) is 1. The lowest BCUT2D eigenvalue weighted by Gasteiger charge is -2.50. The Labute approximate surface area is 193 Å². The number of fused-ring (bicyclic) bond motifs is 5. The average molecular weight is 466 g/mol. The standard InChI is InChI=1S/C24H35NO6S/c1-12-6-17-22(29,19(12)27)9-14(10-26)7-15-18-21(3,4)23(18,8-13(2)24(15,17)30)31-20(28)16(25)11-32-5/h6-7,13,15-18,26,29-30H,8-11,25H2,1-5H3/t13-,15+,16+,17-,18+,22-,23+,24-/m1/s1. The van der Waals surface area contributed by atoms with Crippen LogP contribution in [0.3, 0.4) is 0 Å². The van der Waals surface area contributed by atoms with Crippen molar-refractivity contribution in [2.75, 3.05) is 18.6 Å². The molecule has 0 amide bonds. The van der Waals surface area contributed by atoms with E-state index in [2.05, 4.69) is 0 Å². The van der Waals surface area contributed by atoms with Crippen molar-refractivity contribution in [2.45, 2.75) is 63.4 Å². The predicted octanol–water partition coefficient (Wildman–Crippen LogP) is 1.20. The van der Waals surface area contributed by atoms with E-state index in [4.69, 9.17) is 10.5 Å². The van der Waals surface area contributed by atoms with E-state index >= 15 is 0 Å². The highest BCUT2D eigenvalue weighted by molar-refractivity contribution is 7.98. The third kappa shape index (κ3) is 2.89. The number of carbonyl (C=O) groups excluding carboxylic acids is 2. The van der Waals surface area contributed by atoms with Gasteiger partial charge in [0.05, 0.1) is 12.2 Å². The number of aliphatic hydroxyl groups is 3. The van der Waals surface area contributed by atoms with Crippen LogP contribution in [0.2, 0.25) is 0 Å². The number of nitrogens with two attached hydrogens (primary N) is 1. The van der Waals surface area contributed by atoms with Crippen LogP contribution in [0.5, 0.6) is 0 Å². The molecule has 8 atom stereocenters. The van der Waals surface area contributed by atoms with Gasteiger partial charge in [-0.2, -0.15) is 11.8 Å². The van der Waals surface area contributed by atoms with Crippen molar-refractivity contribution in [3.63, 3.8) is 0 Å². The lowest BCUT2D eigenvalue weighted by molar-refractivity contribution is -0.187. The van der Waals surface area contributed by atoms with E-state index in [1.54, 1.807) is 13.0 Å². The molecule has 5 N–H and O–H groups in total. The molecule has 2 saturated carbocycles. The number of rotatable bonds is 5. The summed E-state index contributed by atoms with van der Waals surface area (Å²) in [5.74, 6) is -2.29. The van der Waals surface area contributed by atoms with E-state index in [0.29, 0.717) is 23.3 Å². The molecule has 0 saturated heterocycles. The van der Waals surface area contributed by atoms with Crippen LogP contribution in [0, 0.1) is 29.1 Å². The monoisotopic (exact) mass is 465 g/mol. The highest BCUT2D eigenvalue weighted by Crippen LogP contribution is 2.76. The number of thioether (sulfide) groups is 1. The second kappa shape index (κ2) is 7.40. The molecule has 178 valence electrons. The molecule has 0 aromatic heterocycles. The Morgan fingerprint density at radius 3 is 2.59 bits per heavy atom. The molecule has 0 aromatic carbocycles. The van der Waals surface area contributed by atoms with E-state index < -0.39 is 51.8 Å². The van der Waals surface area contributed by atoms with Crippen molar-refractivity contribution in [3.8, 4) is 0 Å². The molecule has 0 heterocycles. The highest BCUT2D eigenvalue weighted by Gasteiger charge is 2.83. The van der Waals surface area contributed by atoms with Gasteiger partial charge < -0.3 is 25.8 Å². The second-order valence-corrected chi connectivity index (χ2v) is 11.7. The minimum Gasteiger partial charge on any atom is -0.457 e. The molecule has 0 aromatic rings. The Bertz CT molecular complexity index is 914. The maximum absolute atomic E-state index is 12.9. The Kier molecular flexibility index (Phi) is 5.54. The fourth-order valence-electron chi connectivity index (χ4n) is 7.10. The number of carbonyl (C=O) groups is 2. The number of ketones is 1. The van der Waals surface area contributed by atoms with Crippen molar-refractivity contribution in [1.82, 2.24) is 0 Å². The van der Waals surface area contributed by atoms with Crippen LogP contribution in [0.25, 0.3) is 0 Å². The first kappa shape index (κ1) is 24.0. The fraction of sp³-hybridized carbons (Fsp3) is 0.750. The summed E-state index contributed by atoms with van der Waals surface area (Å²) in [6.07, 6.45) is 5.79. The smallest absolute Gasteiger partial charge is 0.324 e. The molecular weight excluding hydrogens is 430 g/mol. The topological polar surface area (TPSA) is 130 Å². The van der Waals surface area contributed by atoms with Gasteiger partial charge >= 0.3 is 5.97 Å². The van der Waals surface area contributed by atoms with E-state index in [9.17, 15) is 24.9 Å². The first-order chi connectivity index (χ1) is 14.8. The number of hydrogen-bond acceptors (Lipinski definition) is 8. The minimum atomic E-state index is -1.78. The molecule has 4 aliphatic rings. The predicted molar refractivity (Wildman–Crippen MR) is 122 cm³/mol. The molecule has 0 bridgehead atoms. The van der Waals surface area contributed by atoms with Gasteiger partial charge in [0.2, 0.25) is 0 Å². The van der Waals surface area contributed by atoms with Gasteiger partial charge in [-0.05, 0) is 36.7 Å². The number of esters is 1. The van der Waals surface area contributed by atoms with Gasteiger partial charge in [0, 0.05) is 35.3 Å². The van der Waals surface area contributed by atoms with Gasteiger partial charge in [-0.15, -0.1) is 0 Å². The van der Waals surface area contributed by atoms with Crippen molar-refractivity contribution in [2.24, 2.45) is 34.8 Å². The maximum atomic E-state index is 12.9. The van der Waals surface area contributed by atoms with Crippen LogP contribution in [0.1, 0.15) is 40.5 Å². The Morgan fingerprint density at radius 1 is 1.34 bits per heavy atom. The van der Waals surface area contributed by atoms with Crippen LogP contribution >= 0.6 is 11.8 Å². The van der Waals surface area contributed by atoms with Crippen molar-refractivity contribution in [3.05, 3.63) is 23.3 Å². The minimum absolute atomic E-state index is 0.0229. The fourth-order valence-corrected chi connectivity index (χ4v) is 7.60. The van der Waals surface area contributed by atoms with Gasteiger partial charge in [0.25, 0.3) is 0 Å². The molecule has 0 spiro atoms. The second-order valence-electron chi connectivity index (χ2n) is 10.8. The van der Waals surface area contributed by atoms with Gasteiger partial charge in [0.15, 0.2) is 5.78 Å². The van der Waals surface area contributed by atoms with E-state index in [1.807, 2.05) is 33.1 Å². The third-order valence-corrected chi connectivity index (χ3v) is 9.50. The SMILES string of the molecule is CSC[C@H](N)C(=O)O[C@@]12C[C@@H](C)[C@@]3(O)[C@@H](C=C(CO)C[C@]4(O)C(=O)C(C)=C[C@@H]34)[C@H]1C2(C)C. The molecule has 0 radical (unpaired) electrons. The van der Waals surface area contributed by atoms with Crippen LogP contribution < -0.4 is 5.73 Å². The summed E-state index contributed by atoms with van der Waals surface area (Å²) < 4.78 is 6.11. The van der Waals surface area contributed by atoms with Gasteiger partial charge in [0.1, 0.15) is 17.2 Å². The lowest BCUT2D eigenvalue weighted by atomic mass is 9.60. The van der Waals surface area contributed by atoms with Crippen LogP contribution in [0.15, 0.2) is 23.3 Å². The van der Waals surface area contributed by atoms with Gasteiger partial charge in [-0.3, -0.25) is 9.59 Å². The largest absolute Gasteiger partial charge is 0.457 e. The third-order valence-electron chi connectivity index (χ3n) is 8.81. The van der Waals surface area contributed by atoms with Crippen molar-refractivity contribution < 1.29 is 29.6 Å². The van der Waals surface area contributed by atoms with Gasteiger partial charge in [-0.25, -0.2) is 0 Å². The molecule has 7 nitrogen and oxygen atoms in total. The maximum Gasteiger partial charge on any atom is 0.324 e. The first-order valence-electron chi connectivity index (χ1n) is 11.3. The van der Waals surface area contributed by atoms with E-state index in [-0.39, 0.29) is 24.9 Å². The summed E-state index contributed by atoms with van der Waals surface area (Å²) in [4.78, 5) is 25.7. The summed E-state index contributed by atoms with van der Waals surface area (Å²) in [5.41, 5.74) is 2.53. The molecule has 8 heteroatoms. The highest BCUT2D eigenvalue weighted by atomic mass is 32.2. The zero-order valence-corrected chi connectivity index (χ0v) is 20.2. The van der Waals surface area contributed by atoms with Crippen molar-refractivity contribution in [1.29, 1.82) is 0 Å². The zero-order chi connectivity index (χ0) is 23.9. The Morgan fingerprint density at radius 2 is 2.00 bits per heavy atom. The average Bonchev–Trinajstić information content (AvgIpc) is 3.12. The van der Waals surface area contributed by atoms with Crippen molar-refractivity contribution >= 4 is 23.5 Å². The molecule has 4 aliphatic carbocycles. The molecule has 2 fully saturated rings. The number of Topliss-reactive ketones (excluding diaryl/α,β-unsaturated/α-hetero) is 1. The Balaban J connectivity index is 1.79. The summed E-state index contributed by atoms with van der Waals surface area (Å²) in [6.45, 7) is 7.27. The first-order valence-corrected chi connectivity index (χ1v) is 12.7. The number of hydrogen-bond donors (Lipinski definition) is 4. The van der Waals surface area contributed by atoms with Crippen LogP contribution in [-0.4, -0.2) is 68.5 Å². The van der Waals surface area contributed by atoms with E-state index in [1.165, 1.54) is 11.8 Å². The summed E-state index contributed by atoms with van der Waals surface area (Å²) in [6, 6.07) is -0.728. The molecule has 4 rings (SSSR count). The summed E-state index contributed by atoms with van der Waals surface area (Å²) in [5, 5.41) is 33.8. The molecular formula is C24H35NO6S. The summed E-state index contributed by atoms with van der Waals surface area (Å²) in [7, 11) is 0. The van der Waals surface area contributed by atoms with Crippen LogP contribution in [-0.2, 0) is 14.3 Å². The van der Waals surface area contributed by atoms with Crippen LogP contribution in [0.4, 0.5) is 0 Å². The normalized spacial score (nSPS) is 45.0. The molecule has 0 aliphatic heterocycles. The number of aliphatic hydroxyl groups excluding tert-OH is 1. The lowest BCUT2D eigenvalue weighted by Crippen LogP contribution is -2.61. The quantitative estimate of drug-likeness (QED) is 0.352.